The molecule has 0 amide bonds. The molecule has 0 aromatic heterocycles. The van der Waals surface area contributed by atoms with Gasteiger partial charge in [0.1, 0.15) is 5.69 Å². The van der Waals surface area contributed by atoms with Crippen molar-refractivity contribution >= 4 is 17.2 Å². The summed E-state index contributed by atoms with van der Waals surface area (Å²) in [6, 6.07) is 5.94. The van der Waals surface area contributed by atoms with Crippen LogP contribution in [-0.4, -0.2) is 12.9 Å². The SMILES string of the molecule is CC1=Nc2cc(C(C)C)ccc2[N+]1(C)[O-]. The van der Waals surface area contributed by atoms with Gasteiger partial charge in [-0.25, -0.2) is 0 Å². The molecule has 15 heavy (non-hydrogen) atoms. The van der Waals surface area contributed by atoms with E-state index in [9.17, 15) is 5.21 Å². The molecular formula is C12H16N2O. The number of hydrogen-bond donors (Lipinski definition) is 0. The van der Waals surface area contributed by atoms with Crippen LogP contribution in [0.3, 0.4) is 0 Å². The number of benzene rings is 1. The lowest BCUT2D eigenvalue weighted by Gasteiger charge is -2.32. The van der Waals surface area contributed by atoms with Gasteiger partial charge in [-0.2, -0.15) is 4.99 Å². The van der Waals surface area contributed by atoms with Gasteiger partial charge in [0.05, 0.1) is 7.05 Å². The zero-order valence-corrected chi connectivity index (χ0v) is 9.61. The Labute approximate surface area is 90.2 Å². The molecule has 1 aromatic carbocycles. The van der Waals surface area contributed by atoms with E-state index < -0.39 is 4.65 Å². The van der Waals surface area contributed by atoms with E-state index in [1.54, 1.807) is 14.0 Å². The van der Waals surface area contributed by atoms with E-state index in [-0.39, 0.29) is 0 Å². The van der Waals surface area contributed by atoms with Gasteiger partial charge in [0.25, 0.3) is 0 Å². The molecule has 0 N–H and O–H groups in total. The summed E-state index contributed by atoms with van der Waals surface area (Å²) >= 11 is 0. The molecular weight excluding hydrogens is 188 g/mol. The molecule has 0 spiro atoms. The van der Waals surface area contributed by atoms with Crippen LogP contribution in [0.1, 0.15) is 32.3 Å². The monoisotopic (exact) mass is 204 g/mol. The average Bonchev–Trinajstić information content (AvgIpc) is 2.38. The predicted octanol–water partition coefficient (Wildman–Crippen LogP) is 3.31. The first kappa shape index (κ1) is 10.3. The Bertz CT molecular complexity index is 433. The van der Waals surface area contributed by atoms with Crippen molar-refractivity contribution in [1.82, 2.24) is 4.65 Å². The van der Waals surface area contributed by atoms with Crippen LogP contribution in [0.25, 0.3) is 0 Å². The van der Waals surface area contributed by atoms with Crippen molar-refractivity contribution in [3.05, 3.63) is 29.0 Å². The molecule has 1 heterocycles. The zero-order valence-electron chi connectivity index (χ0n) is 9.61. The maximum absolute atomic E-state index is 12.1. The van der Waals surface area contributed by atoms with Gasteiger partial charge in [0.15, 0.2) is 5.69 Å². The van der Waals surface area contributed by atoms with Crippen molar-refractivity contribution in [2.24, 2.45) is 4.99 Å². The molecule has 1 aromatic rings. The summed E-state index contributed by atoms with van der Waals surface area (Å²) in [5.74, 6) is 1.07. The van der Waals surface area contributed by atoms with Crippen LogP contribution in [0, 0.1) is 5.21 Å². The Balaban J connectivity index is 2.54. The van der Waals surface area contributed by atoms with Gasteiger partial charge in [-0.1, -0.05) is 19.9 Å². The summed E-state index contributed by atoms with van der Waals surface area (Å²) in [5, 5.41) is 12.1. The van der Waals surface area contributed by atoms with Crippen LogP contribution < -0.4 is 4.65 Å². The number of hydrogen-bond acceptors (Lipinski definition) is 2. The Morgan fingerprint density at radius 1 is 1.33 bits per heavy atom. The van der Waals surface area contributed by atoms with E-state index in [0.29, 0.717) is 11.8 Å². The van der Waals surface area contributed by atoms with Gasteiger partial charge in [-0.05, 0) is 17.5 Å². The molecule has 0 saturated heterocycles. The summed E-state index contributed by atoms with van der Waals surface area (Å²) in [5.41, 5.74) is 2.81. The molecule has 1 aliphatic heterocycles. The standard InChI is InChI=1S/C12H16N2O/c1-8(2)10-5-6-12-11(7-10)13-9(3)14(12,4)15/h5-8H,1-4H3. The highest BCUT2D eigenvalue weighted by atomic mass is 16.5. The zero-order chi connectivity index (χ0) is 11.2. The number of aliphatic imine (C=N–C) groups is 1. The molecule has 1 atom stereocenters. The molecule has 0 saturated carbocycles. The van der Waals surface area contributed by atoms with Crippen LogP contribution in [0.2, 0.25) is 0 Å². The minimum atomic E-state index is -0.465. The fraction of sp³-hybridized carbons (Fsp3) is 0.417. The molecule has 0 aliphatic carbocycles. The molecule has 2 rings (SSSR count). The quantitative estimate of drug-likeness (QED) is 0.510. The third-order valence-electron chi connectivity index (χ3n) is 3.03. The van der Waals surface area contributed by atoms with E-state index in [0.717, 1.165) is 11.4 Å². The van der Waals surface area contributed by atoms with Gasteiger partial charge >= 0.3 is 0 Å². The molecule has 1 aliphatic rings. The lowest BCUT2D eigenvalue weighted by Crippen LogP contribution is -2.40. The summed E-state index contributed by atoms with van der Waals surface area (Å²) < 4.78 is -0.465. The third kappa shape index (κ3) is 1.48. The molecule has 0 radical (unpaired) electrons. The Hall–Kier alpha value is -1.19. The highest BCUT2D eigenvalue weighted by Gasteiger charge is 2.29. The Morgan fingerprint density at radius 2 is 2.00 bits per heavy atom. The maximum atomic E-state index is 12.1. The van der Waals surface area contributed by atoms with E-state index in [4.69, 9.17) is 0 Å². The summed E-state index contributed by atoms with van der Waals surface area (Å²) in [6.07, 6.45) is 0. The predicted molar refractivity (Wildman–Crippen MR) is 64.4 cm³/mol. The van der Waals surface area contributed by atoms with Crippen LogP contribution in [-0.2, 0) is 0 Å². The Kier molecular flexibility index (Phi) is 2.17. The lowest BCUT2D eigenvalue weighted by atomic mass is 10.0. The highest BCUT2D eigenvalue weighted by molar-refractivity contribution is 6.01. The molecule has 80 valence electrons. The highest BCUT2D eigenvalue weighted by Crippen LogP contribution is 2.40. The fourth-order valence-electron chi connectivity index (χ4n) is 1.79. The van der Waals surface area contributed by atoms with Gasteiger partial charge in [-0.3, -0.25) is 4.65 Å². The Morgan fingerprint density at radius 3 is 2.60 bits per heavy atom. The second-order valence-electron chi connectivity index (χ2n) is 4.49. The lowest BCUT2D eigenvalue weighted by molar-refractivity contribution is 0.669. The van der Waals surface area contributed by atoms with Crippen LogP contribution in [0.4, 0.5) is 11.4 Å². The van der Waals surface area contributed by atoms with Crippen LogP contribution in [0.15, 0.2) is 23.2 Å². The van der Waals surface area contributed by atoms with Gasteiger partial charge < -0.3 is 5.21 Å². The molecule has 3 nitrogen and oxygen atoms in total. The third-order valence-corrected chi connectivity index (χ3v) is 3.03. The molecule has 3 heteroatoms. The van der Waals surface area contributed by atoms with Crippen LogP contribution >= 0.6 is 0 Å². The first-order chi connectivity index (χ1) is 6.93. The second-order valence-corrected chi connectivity index (χ2v) is 4.49. The average molecular weight is 204 g/mol. The van der Waals surface area contributed by atoms with Gasteiger partial charge in [0, 0.05) is 13.0 Å². The minimum Gasteiger partial charge on any atom is -0.621 e. The van der Waals surface area contributed by atoms with Crippen molar-refractivity contribution < 1.29 is 0 Å². The molecule has 0 fully saturated rings. The van der Waals surface area contributed by atoms with E-state index in [1.165, 1.54) is 5.56 Å². The number of fused-ring (bicyclic) bond motifs is 1. The largest absolute Gasteiger partial charge is 0.621 e. The van der Waals surface area contributed by atoms with Crippen molar-refractivity contribution in [2.45, 2.75) is 26.7 Å². The fourth-order valence-corrected chi connectivity index (χ4v) is 1.79. The van der Waals surface area contributed by atoms with Crippen molar-refractivity contribution in [3.63, 3.8) is 0 Å². The van der Waals surface area contributed by atoms with Gasteiger partial charge in [-0.15, -0.1) is 0 Å². The summed E-state index contributed by atoms with van der Waals surface area (Å²) in [4.78, 5) is 4.32. The smallest absolute Gasteiger partial charge is 0.205 e. The first-order valence-corrected chi connectivity index (χ1v) is 5.21. The molecule has 1 unspecified atom stereocenters. The van der Waals surface area contributed by atoms with Gasteiger partial charge in [0.2, 0.25) is 5.84 Å². The second kappa shape index (κ2) is 3.15. The van der Waals surface area contributed by atoms with Crippen molar-refractivity contribution in [3.8, 4) is 0 Å². The number of nitrogens with zero attached hydrogens (tertiary/aromatic N) is 2. The van der Waals surface area contributed by atoms with Crippen LogP contribution in [0.5, 0.6) is 0 Å². The first-order valence-electron chi connectivity index (χ1n) is 5.21. The van der Waals surface area contributed by atoms with E-state index in [1.807, 2.05) is 18.2 Å². The number of quaternary nitrogens is 1. The van der Waals surface area contributed by atoms with E-state index in [2.05, 4.69) is 18.8 Å². The minimum absolute atomic E-state index is 0.465. The summed E-state index contributed by atoms with van der Waals surface area (Å²) in [6.45, 7) is 6.05. The topological polar surface area (TPSA) is 35.4 Å². The maximum Gasteiger partial charge on any atom is 0.205 e. The number of amidine groups is 1. The summed E-state index contributed by atoms with van der Waals surface area (Å²) in [7, 11) is 1.62. The molecule has 0 bridgehead atoms. The number of hydroxylamine groups is 2. The van der Waals surface area contributed by atoms with Crippen molar-refractivity contribution in [1.29, 1.82) is 0 Å². The van der Waals surface area contributed by atoms with Crippen molar-refractivity contribution in [2.75, 3.05) is 7.05 Å². The van der Waals surface area contributed by atoms with E-state index >= 15 is 0 Å². The normalized spacial score (nSPS) is 24.3. The number of rotatable bonds is 1.